The number of carbonyl (C=O) groups excluding carboxylic acids is 2. The van der Waals surface area contributed by atoms with Gasteiger partial charge in [0.25, 0.3) is 0 Å². The standard InChI is InChI=1S/C15H27NO4/c1-5-12(16-14(18)20-15(2,3)4)13(17)19-11-9-7-6-8-10-11/h11-12H,5-10H2,1-4H3,(H,16,18)/t12-/m0/s1. The first-order valence-electron chi connectivity index (χ1n) is 7.52. The zero-order valence-corrected chi connectivity index (χ0v) is 13.0. The van der Waals surface area contributed by atoms with Gasteiger partial charge in [-0.05, 0) is 52.9 Å². The quantitative estimate of drug-likeness (QED) is 0.806. The Kier molecular flexibility index (Phi) is 6.30. The Morgan fingerprint density at radius 1 is 1.20 bits per heavy atom. The van der Waals surface area contributed by atoms with Crippen LogP contribution in [0.2, 0.25) is 0 Å². The second-order valence-corrected chi connectivity index (χ2v) is 6.30. The molecule has 5 heteroatoms. The van der Waals surface area contributed by atoms with Crippen LogP contribution < -0.4 is 5.32 Å². The Hall–Kier alpha value is -1.26. The molecule has 0 spiro atoms. The van der Waals surface area contributed by atoms with E-state index in [-0.39, 0.29) is 12.1 Å². The molecule has 1 N–H and O–H groups in total. The van der Waals surface area contributed by atoms with Gasteiger partial charge < -0.3 is 14.8 Å². The minimum absolute atomic E-state index is 0.00531. The van der Waals surface area contributed by atoms with Crippen LogP contribution >= 0.6 is 0 Å². The first-order valence-corrected chi connectivity index (χ1v) is 7.52. The summed E-state index contributed by atoms with van der Waals surface area (Å²) in [6, 6.07) is -0.633. The maximum atomic E-state index is 12.1. The van der Waals surface area contributed by atoms with Crippen LogP contribution in [0.3, 0.4) is 0 Å². The molecule has 0 aliphatic heterocycles. The molecule has 1 fully saturated rings. The zero-order chi connectivity index (χ0) is 15.2. The average molecular weight is 285 g/mol. The smallest absolute Gasteiger partial charge is 0.408 e. The summed E-state index contributed by atoms with van der Waals surface area (Å²) in [4.78, 5) is 23.7. The second kappa shape index (κ2) is 7.50. The molecule has 1 saturated carbocycles. The largest absolute Gasteiger partial charge is 0.461 e. The van der Waals surface area contributed by atoms with Crippen molar-refractivity contribution in [1.82, 2.24) is 5.32 Å². The number of hydrogen-bond acceptors (Lipinski definition) is 4. The van der Waals surface area contributed by atoms with E-state index in [0.717, 1.165) is 25.7 Å². The first kappa shape index (κ1) is 16.8. The van der Waals surface area contributed by atoms with Gasteiger partial charge in [-0.2, -0.15) is 0 Å². The van der Waals surface area contributed by atoms with Gasteiger partial charge in [-0.1, -0.05) is 13.3 Å². The SMILES string of the molecule is CC[C@H](NC(=O)OC(C)(C)C)C(=O)OC1CCCCC1. The van der Waals surface area contributed by atoms with Crippen molar-refractivity contribution < 1.29 is 19.1 Å². The summed E-state index contributed by atoms with van der Waals surface area (Å²) in [5.74, 6) is -0.356. The van der Waals surface area contributed by atoms with Gasteiger partial charge in [0, 0.05) is 0 Å². The van der Waals surface area contributed by atoms with E-state index in [4.69, 9.17) is 9.47 Å². The van der Waals surface area contributed by atoms with Gasteiger partial charge in [0.15, 0.2) is 0 Å². The molecule has 0 aromatic carbocycles. The molecule has 5 nitrogen and oxygen atoms in total. The zero-order valence-electron chi connectivity index (χ0n) is 13.0. The van der Waals surface area contributed by atoms with Crippen molar-refractivity contribution in [3.63, 3.8) is 0 Å². The highest BCUT2D eigenvalue weighted by atomic mass is 16.6. The van der Waals surface area contributed by atoms with Crippen LogP contribution in [0.1, 0.15) is 66.2 Å². The maximum absolute atomic E-state index is 12.1. The predicted molar refractivity (Wildman–Crippen MR) is 76.4 cm³/mol. The van der Waals surface area contributed by atoms with E-state index in [1.54, 1.807) is 20.8 Å². The Labute approximate surface area is 121 Å². The summed E-state index contributed by atoms with van der Waals surface area (Å²) in [5.41, 5.74) is -0.574. The highest BCUT2D eigenvalue weighted by Gasteiger charge is 2.26. The molecule has 0 aromatic heterocycles. The number of hydrogen-bond donors (Lipinski definition) is 1. The third-order valence-electron chi connectivity index (χ3n) is 3.22. The van der Waals surface area contributed by atoms with Gasteiger partial charge in [0.2, 0.25) is 0 Å². The number of rotatable bonds is 4. The van der Waals surface area contributed by atoms with Crippen LogP contribution in [0.5, 0.6) is 0 Å². The van der Waals surface area contributed by atoms with E-state index in [9.17, 15) is 9.59 Å². The van der Waals surface area contributed by atoms with Crippen molar-refractivity contribution in [2.75, 3.05) is 0 Å². The number of alkyl carbamates (subject to hydrolysis) is 1. The number of ether oxygens (including phenoxy) is 2. The molecule has 116 valence electrons. The summed E-state index contributed by atoms with van der Waals surface area (Å²) < 4.78 is 10.6. The lowest BCUT2D eigenvalue weighted by atomic mass is 9.98. The van der Waals surface area contributed by atoms with E-state index in [1.807, 2.05) is 6.92 Å². The molecule has 0 aromatic rings. The molecule has 1 aliphatic carbocycles. The number of esters is 1. The fourth-order valence-electron chi connectivity index (χ4n) is 2.21. The molecule has 0 radical (unpaired) electrons. The maximum Gasteiger partial charge on any atom is 0.408 e. The Morgan fingerprint density at radius 3 is 2.30 bits per heavy atom. The van der Waals surface area contributed by atoms with Gasteiger partial charge in [0.05, 0.1) is 0 Å². The average Bonchev–Trinajstić information content (AvgIpc) is 2.35. The summed E-state index contributed by atoms with van der Waals surface area (Å²) in [7, 11) is 0. The molecule has 0 bridgehead atoms. The molecular weight excluding hydrogens is 258 g/mol. The fraction of sp³-hybridized carbons (Fsp3) is 0.867. The molecule has 1 rings (SSSR count). The second-order valence-electron chi connectivity index (χ2n) is 6.30. The molecule has 0 saturated heterocycles. The fourth-order valence-corrected chi connectivity index (χ4v) is 2.21. The van der Waals surface area contributed by atoms with E-state index < -0.39 is 17.7 Å². The molecular formula is C15H27NO4. The van der Waals surface area contributed by atoms with Crippen molar-refractivity contribution in [2.24, 2.45) is 0 Å². The Morgan fingerprint density at radius 2 is 1.80 bits per heavy atom. The Bertz CT molecular complexity index is 329. The van der Waals surface area contributed by atoms with Crippen LogP contribution in [-0.4, -0.2) is 29.8 Å². The van der Waals surface area contributed by atoms with Crippen molar-refractivity contribution >= 4 is 12.1 Å². The first-order chi connectivity index (χ1) is 9.31. The highest BCUT2D eigenvalue weighted by Crippen LogP contribution is 2.21. The van der Waals surface area contributed by atoms with Gasteiger partial charge in [-0.15, -0.1) is 0 Å². The van der Waals surface area contributed by atoms with Crippen LogP contribution in [0.4, 0.5) is 4.79 Å². The summed E-state index contributed by atoms with van der Waals surface area (Å²) in [5, 5.41) is 2.58. The van der Waals surface area contributed by atoms with Crippen molar-refractivity contribution in [3.8, 4) is 0 Å². The molecule has 1 atom stereocenters. The van der Waals surface area contributed by atoms with E-state index in [1.165, 1.54) is 6.42 Å². The van der Waals surface area contributed by atoms with Crippen molar-refractivity contribution in [2.45, 2.75) is 84.0 Å². The third-order valence-corrected chi connectivity index (χ3v) is 3.22. The van der Waals surface area contributed by atoms with Gasteiger partial charge in [0.1, 0.15) is 17.7 Å². The lowest BCUT2D eigenvalue weighted by Crippen LogP contribution is -2.44. The molecule has 0 heterocycles. The minimum atomic E-state index is -0.633. The van der Waals surface area contributed by atoms with Crippen LogP contribution in [0.25, 0.3) is 0 Å². The lowest BCUT2D eigenvalue weighted by Gasteiger charge is -2.25. The molecule has 1 aliphatic rings. The number of carbonyl (C=O) groups is 2. The van der Waals surface area contributed by atoms with Crippen LogP contribution in [0, 0.1) is 0 Å². The monoisotopic (exact) mass is 285 g/mol. The van der Waals surface area contributed by atoms with Crippen LogP contribution in [-0.2, 0) is 14.3 Å². The van der Waals surface area contributed by atoms with Gasteiger partial charge in [-0.3, -0.25) is 0 Å². The summed E-state index contributed by atoms with van der Waals surface area (Å²) in [6.07, 6.45) is 5.19. The lowest BCUT2D eigenvalue weighted by molar-refractivity contribution is -0.153. The van der Waals surface area contributed by atoms with Crippen molar-refractivity contribution in [1.29, 1.82) is 0 Å². The van der Waals surface area contributed by atoms with Crippen LogP contribution in [0.15, 0.2) is 0 Å². The summed E-state index contributed by atoms with van der Waals surface area (Å²) in [6.45, 7) is 7.19. The molecule has 1 amide bonds. The minimum Gasteiger partial charge on any atom is -0.461 e. The molecule has 20 heavy (non-hydrogen) atoms. The summed E-state index contributed by atoms with van der Waals surface area (Å²) >= 11 is 0. The van der Waals surface area contributed by atoms with Gasteiger partial charge in [-0.25, -0.2) is 9.59 Å². The number of nitrogens with one attached hydrogen (secondary N) is 1. The van der Waals surface area contributed by atoms with Gasteiger partial charge >= 0.3 is 12.1 Å². The predicted octanol–water partition coefficient (Wildman–Crippen LogP) is 3.17. The normalized spacial score (nSPS) is 18.2. The van der Waals surface area contributed by atoms with E-state index >= 15 is 0 Å². The third kappa shape index (κ3) is 6.26. The topological polar surface area (TPSA) is 64.6 Å². The number of amides is 1. The van der Waals surface area contributed by atoms with E-state index in [2.05, 4.69) is 5.32 Å². The highest BCUT2D eigenvalue weighted by molar-refractivity contribution is 5.81. The Balaban J connectivity index is 2.43. The van der Waals surface area contributed by atoms with Crippen molar-refractivity contribution in [3.05, 3.63) is 0 Å². The molecule has 0 unspecified atom stereocenters. The van der Waals surface area contributed by atoms with E-state index in [0.29, 0.717) is 6.42 Å².